The maximum atomic E-state index is 13.0. The lowest BCUT2D eigenvalue weighted by molar-refractivity contribution is -0.385. The summed E-state index contributed by atoms with van der Waals surface area (Å²) in [6, 6.07) is 7.35. The van der Waals surface area contributed by atoms with Crippen molar-refractivity contribution in [2.75, 3.05) is 0 Å². The molecule has 162 valence electrons. The van der Waals surface area contributed by atoms with Gasteiger partial charge >= 0.3 is 11.9 Å². The van der Waals surface area contributed by atoms with Crippen LogP contribution in [0.5, 0.6) is 5.75 Å². The van der Waals surface area contributed by atoms with Crippen molar-refractivity contribution in [3.8, 4) is 11.4 Å². The number of carbonyl (C=O) groups is 1. The van der Waals surface area contributed by atoms with Crippen LogP contribution in [0.3, 0.4) is 0 Å². The predicted molar refractivity (Wildman–Crippen MR) is 104 cm³/mol. The van der Waals surface area contributed by atoms with E-state index in [2.05, 4.69) is 10.4 Å². The smallest absolute Gasteiger partial charge is 0.416 e. The molecule has 0 aliphatic carbocycles. The number of hydrogen-bond acceptors (Lipinski definition) is 5. The van der Waals surface area contributed by atoms with Crippen molar-refractivity contribution in [3.05, 3.63) is 81.2 Å². The normalized spacial score (nSPS) is 12.4. The number of nitrogens with one attached hydrogen (secondary N) is 1. The Morgan fingerprint density at radius 2 is 1.97 bits per heavy atom. The van der Waals surface area contributed by atoms with E-state index < -0.39 is 40.0 Å². The van der Waals surface area contributed by atoms with E-state index in [4.69, 9.17) is 0 Å². The van der Waals surface area contributed by atoms with Crippen molar-refractivity contribution >= 4 is 11.6 Å². The number of nitrogens with zero attached hydrogens (tertiary/aromatic N) is 3. The first-order valence-corrected chi connectivity index (χ1v) is 8.99. The van der Waals surface area contributed by atoms with Gasteiger partial charge in [0, 0.05) is 22.9 Å². The maximum absolute atomic E-state index is 13.0. The van der Waals surface area contributed by atoms with Crippen LogP contribution in [0.1, 0.15) is 40.1 Å². The molecule has 1 unspecified atom stereocenters. The Bertz CT molecular complexity index is 1160. The molecule has 1 aromatic heterocycles. The van der Waals surface area contributed by atoms with Crippen LogP contribution in [0.25, 0.3) is 5.69 Å². The summed E-state index contributed by atoms with van der Waals surface area (Å²) in [7, 11) is 0. The summed E-state index contributed by atoms with van der Waals surface area (Å²) < 4.78 is 40.3. The Morgan fingerprint density at radius 1 is 1.26 bits per heavy atom. The molecule has 11 heteroatoms. The van der Waals surface area contributed by atoms with E-state index in [1.54, 1.807) is 13.8 Å². The van der Waals surface area contributed by atoms with E-state index in [1.165, 1.54) is 29.1 Å². The fourth-order valence-corrected chi connectivity index (χ4v) is 3.10. The molecule has 3 rings (SSSR count). The zero-order valence-corrected chi connectivity index (χ0v) is 16.3. The molecule has 2 aromatic carbocycles. The number of amides is 1. The van der Waals surface area contributed by atoms with E-state index >= 15 is 0 Å². The van der Waals surface area contributed by atoms with Crippen LogP contribution >= 0.6 is 0 Å². The highest BCUT2D eigenvalue weighted by Gasteiger charge is 2.30. The number of aromatic nitrogens is 2. The molecule has 0 saturated heterocycles. The second-order valence-corrected chi connectivity index (χ2v) is 6.80. The third-order valence-corrected chi connectivity index (χ3v) is 4.71. The van der Waals surface area contributed by atoms with Crippen LogP contribution in [-0.4, -0.2) is 25.7 Å². The van der Waals surface area contributed by atoms with Crippen molar-refractivity contribution in [1.82, 2.24) is 15.1 Å². The molecule has 1 amide bonds. The van der Waals surface area contributed by atoms with Crippen LogP contribution in [0.2, 0.25) is 0 Å². The quantitative estimate of drug-likeness (QED) is 0.459. The van der Waals surface area contributed by atoms with Gasteiger partial charge in [0.05, 0.1) is 28.4 Å². The molecular weight excluding hydrogens is 417 g/mol. The monoisotopic (exact) mass is 434 g/mol. The molecule has 0 fully saturated rings. The summed E-state index contributed by atoms with van der Waals surface area (Å²) in [5, 5.41) is 27.3. The van der Waals surface area contributed by atoms with Crippen molar-refractivity contribution < 1.29 is 28.0 Å². The first-order chi connectivity index (χ1) is 14.5. The number of carbonyl (C=O) groups excluding carboxylic acids is 1. The topological polar surface area (TPSA) is 110 Å². The number of phenols is 1. The Balaban J connectivity index is 1.82. The zero-order valence-electron chi connectivity index (χ0n) is 16.3. The number of hydrogen-bond donors (Lipinski definition) is 2. The van der Waals surface area contributed by atoms with Crippen molar-refractivity contribution in [3.63, 3.8) is 0 Å². The van der Waals surface area contributed by atoms with E-state index in [-0.39, 0.29) is 11.3 Å². The molecule has 0 radical (unpaired) electrons. The molecule has 0 bridgehead atoms. The minimum Gasteiger partial charge on any atom is -0.502 e. The average molecular weight is 434 g/mol. The minimum absolute atomic E-state index is 0.0119. The van der Waals surface area contributed by atoms with Crippen LogP contribution < -0.4 is 5.32 Å². The average Bonchev–Trinajstić information content (AvgIpc) is 3.08. The first-order valence-electron chi connectivity index (χ1n) is 8.99. The maximum Gasteiger partial charge on any atom is 0.416 e. The van der Waals surface area contributed by atoms with E-state index in [9.17, 15) is 33.2 Å². The summed E-state index contributed by atoms with van der Waals surface area (Å²) in [5.74, 6) is -1.23. The molecular formula is C20H17F3N4O4. The number of phenolic OH excluding ortho intramolecular Hbond substituents is 1. The predicted octanol–water partition coefficient (Wildman–Crippen LogP) is 4.30. The largest absolute Gasteiger partial charge is 0.502 e. The third kappa shape index (κ3) is 4.49. The summed E-state index contributed by atoms with van der Waals surface area (Å²) in [6.45, 7) is 3.31. The lowest BCUT2D eigenvalue weighted by Gasteiger charge is -2.15. The second kappa shape index (κ2) is 8.09. The SMILES string of the molecule is Cc1c(C(C)NC(=O)c2ccc([N+](=O)[O-])c(O)c2)cnn1-c1cccc(C(F)(F)F)c1. The molecule has 1 heterocycles. The molecule has 2 N–H and O–H groups in total. The van der Waals surface area contributed by atoms with Gasteiger partial charge in [-0.25, -0.2) is 4.68 Å². The summed E-state index contributed by atoms with van der Waals surface area (Å²) >= 11 is 0. The fourth-order valence-electron chi connectivity index (χ4n) is 3.10. The van der Waals surface area contributed by atoms with E-state index in [0.717, 1.165) is 24.3 Å². The number of nitro groups is 1. The molecule has 3 aromatic rings. The Labute approximate surface area is 174 Å². The molecule has 0 aliphatic heterocycles. The highest BCUT2D eigenvalue weighted by Crippen LogP contribution is 2.31. The summed E-state index contributed by atoms with van der Waals surface area (Å²) in [5.41, 5.74) is -0.00517. The highest BCUT2D eigenvalue weighted by atomic mass is 19.4. The molecule has 0 aliphatic rings. The summed E-state index contributed by atoms with van der Waals surface area (Å²) in [6.07, 6.45) is -3.05. The van der Waals surface area contributed by atoms with Crippen LogP contribution in [0.4, 0.5) is 18.9 Å². The molecule has 0 saturated carbocycles. The Kier molecular flexibility index (Phi) is 5.69. The van der Waals surface area contributed by atoms with Crippen LogP contribution in [-0.2, 0) is 6.18 Å². The van der Waals surface area contributed by atoms with Crippen LogP contribution in [0.15, 0.2) is 48.7 Å². The molecule has 0 spiro atoms. The van der Waals surface area contributed by atoms with Gasteiger partial charge in [0.1, 0.15) is 0 Å². The fraction of sp³-hybridized carbons (Fsp3) is 0.200. The second-order valence-electron chi connectivity index (χ2n) is 6.80. The minimum atomic E-state index is -4.49. The van der Waals surface area contributed by atoms with Gasteiger partial charge < -0.3 is 10.4 Å². The van der Waals surface area contributed by atoms with Gasteiger partial charge in [-0.3, -0.25) is 14.9 Å². The van der Waals surface area contributed by atoms with Gasteiger partial charge in [-0.2, -0.15) is 18.3 Å². The zero-order chi connectivity index (χ0) is 22.9. The van der Waals surface area contributed by atoms with Gasteiger partial charge in [-0.15, -0.1) is 0 Å². The number of benzene rings is 2. The van der Waals surface area contributed by atoms with Crippen molar-refractivity contribution in [1.29, 1.82) is 0 Å². The highest BCUT2D eigenvalue weighted by molar-refractivity contribution is 5.95. The van der Waals surface area contributed by atoms with Gasteiger partial charge in [0.25, 0.3) is 5.91 Å². The standard InChI is InChI=1S/C20H17F3N4O4/c1-11(25-19(29)13-6-7-17(27(30)31)18(28)8-13)16-10-24-26(12(16)2)15-5-3-4-14(9-15)20(21,22)23/h3-11,28H,1-2H3,(H,25,29). The van der Waals surface area contributed by atoms with Gasteiger partial charge in [0.2, 0.25) is 0 Å². The Hall–Kier alpha value is -3.89. The van der Waals surface area contributed by atoms with E-state index in [1.807, 2.05) is 0 Å². The van der Waals surface area contributed by atoms with Crippen LogP contribution in [0, 0.1) is 17.0 Å². The van der Waals surface area contributed by atoms with Gasteiger partial charge in [-0.1, -0.05) is 6.07 Å². The lowest BCUT2D eigenvalue weighted by atomic mass is 10.1. The summed E-state index contributed by atoms with van der Waals surface area (Å²) in [4.78, 5) is 22.5. The number of halogens is 3. The van der Waals surface area contributed by atoms with Gasteiger partial charge in [0.15, 0.2) is 5.75 Å². The van der Waals surface area contributed by atoms with Gasteiger partial charge in [-0.05, 0) is 44.2 Å². The first kappa shape index (κ1) is 21.8. The van der Waals surface area contributed by atoms with Crippen molar-refractivity contribution in [2.45, 2.75) is 26.1 Å². The number of nitro benzene ring substituents is 1. The van der Waals surface area contributed by atoms with E-state index in [0.29, 0.717) is 11.3 Å². The van der Waals surface area contributed by atoms with Crippen molar-refractivity contribution in [2.24, 2.45) is 0 Å². The number of aromatic hydroxyl groups is 1. The number of alkyl halides is 3. The molecule has 1 atom stereocenters. The third-order valence-electron chi connectivity index (χ3n) is 4.71. The Morgan fingerprint density at radius 3 is 2.58 bits per heavy atom. The molecule has 31 heavy (non-hydrogen) atoms. The lowest BCUT2D eigenvalue weighted by Crippen LogP contribution is -2.27. The molecule has 8 nitrogen and oxygen atoms in total. The number of rotatable bonds is 5.